The molecule has 1 aromatic rings. The monoisotopic (exact) mass is 277 g/mol. The lowest BCUT2D eigenvalue weighted by molar-refractivity contribution is 0.0952. The van der Waals surface area contributed by atoms with Crippen molar-refractivity contribution in [1.29, 1.82) is 0 Å². The average molecular weight is 277 g/mol. The molecular formula is C16H27N3O. The van der Waals surface area contributed by atoms with Gasteiger partial charge in [-0.3, -0.25) is 4.79 Å². The van der Waals surface area contributed by atoms with E-state index in [4.69, 9.17) is 5.73 Å². The fourth-order valence-electron chi connectivity index (χ4n) is 2.13. The van der Waals surface area contributed by atoms with Crippen molar-refractivity contribution in [2.24, 2.45) is 0 Å². The molecule has 0 saturated heterocycles. The van der Waals surface area contributed by atoms with E-state index >= 15 is 0 Å². The molecule has 0 spiro atoms. The molecule has 0 fully saturated rings. The first-order valence-electron chi connectivity index (χ1n) is 7.72. The van der Waals surface area contributed by atoms with E-state index in [1.807, 2.05) is 13.0 Å². The normalized spacial score (nSPS) is 10.5. The molecule has 1 aromatic heterocycles. The van der Waals surface area contributed by atoms with E-state index in [1.165, 1.54) is 32.1 Å². The second-order valence-corrected chi connectivity index (χ2v) is 5.15. The van der Waals surface area contributed by atoms with Gasteiger partial charge in [0.25, 0.3) is 5.91 Å². The Kier molecular flexibility index (Phi) is 7.70. The van der Waals surface area contributed by atoms with E-state index in [0.29, 0.717) is 11.4 Å². The summed E-state index contributed by atoms with van der Waals surface area (Å²) >= 11 is 0. The van der Waals surface area contributed by atoms with Crippen molar-refractivity contribution in [1.82, 2.24) is 10.3 Å². The van der Waals surface area contributed by atoms with Gasteiger partial charge in [-0.25, -0.2) is 4.98 Å². The fourth-order valence-corrected chi connectivity index (χ4v) is 2.13. The van der Waals surface area contributed by atoms with Gasteiger partial charge in [0.2, 0.25) is 0 Å². The van der Waals surface area contributed by atoms with Crippen LogP contribution in [0.4, 0.5) is 5.82 Å². The highest BCUT2D eigenvalue weighted by Crippen LogP contribution is 2.09. The van der Waals surface area contributed by atoms with Crippen LogP contribution in [0.5, 0.6) is 0 Å². The van der Waals surface area contributed by atoms with Crippen molar-refractivity contribution < 1.29 is 4.79 Å². The number of carbonyl (C=O) groups is 1. The summed E-state index contributed by atoms with van der Waals surface area (Å²) in [7, 11) is 0. The predicted molar refractivity (Wildman–Crippen MR) is 83.7 cm³/mol. The Balaban J connectivity index is 2.30. The van der Waals surface area contributed by atoms with Crippen LogP contribution in [0.15, 0.2) is 12.1 Å². The first-order valence-corrected chi connectivity index (χ1v) is 7.72. The molecule has 0 aromatic carbocycles. The third-order valence-electron chi connectivity index (χ3n) is 3.34. The minimum atomic E-state index is -0.0534. The highest BCUT2D eigenvalue weighted by molar-refractivity contribution is 5.94. The molecule has 3 N–H and O–H groups in total. The molecule has 0 aliphatic rings. The maximum atomic E-state index is 12.0. The number of amides is 1. The quantitative estimate of drug-likeness (QED) is 0.680. The van der Waals surface area contributed by atoms with Crippen molar-refractivity contribution in [2.75, 3.05) is 12.3 Å². The van der Waals surface area contributed by atoms with Gasteiger partial charge in [0.15, 0.2) is 0 Å². The molecule has 1 heterocycles. The maximum absolute atomic E-state index is 12.0. The molecular weight excluding hydrogens is 250 g/mol. The molecule has 112 valence electrons. The molecule has 0 saturated carbocycles. The van der Waals surface area contributed by atoms with E-state index < -0.39 is 0 Å². The number of hydrogen-bond acceptors (Lipinski definition) is 3. The van der Waals surface area contributed by atoms with E-state index in [9.17, 15) is 4.79 Å². The molecule has 0 unspecified atom stereocenters. The lowest BCUT2D eigenvalue weighted by Crippen LogP contribution is -2.24. The van der Waals surface area contributed by atoms with Crippen molar-refractivity contribution in [3.05, 3.63) is 23.4 Å². The first kappa shape index (κ1) is 16.5. The van der Waals surface area contributed by atoms with E-state index in [-0.39, 0.29) is 5.91 Å². The highest BCUT2D eigenvalue weighted by Gasteiger charge is 2.07. The number of pyridine rings is 1. The number of nitrogens with two attached hydrogens (primary N) is 1. The number of nitrogens with zero attached hydrogens (tertiary/aromatic N) is 1. The van der Waals surface area contributed by atoms with Crippen LogP contribution in [0.1, 0.15) is 68.4 Å². The fraction of sp³-hybridized carbons (Fsp3) is 0.625. The second kappa shape index (κ2) is 9.34. The molecule has 0 aliphatic carbocycles. The number of aryl methyl sites for hydroxylation is 1. The smallest absolute Gasteiger partial charge is 0.251 e. The van der Waals surface area contributed by atoms with Crippen molar-refractivity contribution in [3.63, 3.8) is 0 Å². The lowest BCUT2D eigenvalue weighted by Gasteiger charge is -2.07. The number of aromatic nitrogens is 1. The number of unbranched alkanes of at least 4 members (excludes halogenated alkanes) is 5. The van der Waals surface area contributed by atoms with Crippen LogP contribution >= 0.6 is 0 Å². The Morgan fingerprint density at radius 1 is 1.15 bits per heavy atom. The van der Waals surface area contributed by atoms with Crippen LogP contribution in [-0.2, 0) is 6.42 Å². The van der Waals surface area contributed by atoms with Crippen molar-refractivity contribution in [3.8, 4) is 0 Å². The topological polar surface area (TPSA) is 68.0 Å². The summed E-state index contributed by atoms with van der Waals surface area (Å²) in [5.41, 5.74) is 7.17. The minimum Gasteiger partial charge on any atom is -0.384 e. The van der Waals surface area contributed by atoms with Crippen molar-refractivity contribution in [2.45, 2.75) is 58.8 Å². The number of carbonyl (C=O) groups excluding carboxylic acids is 1. The zero-order valence-corrected chi connectivity index (χ0v) is 12.7. The van der Waals surface area contributed by atoms with Gasteiger partial charge < -0.3 is 11.1 Å². The first-order chi connectivity index (χ1) is 9.67. The number of hydrogen-bond donors (Lipinski definition) is 2. The molecule has 0 atom stereocenters. The van der Waals surface area contributed by atoms with Gasteiger partial charge in [0.05, 0.1) is 0 Å². The zero-order valence-electron chi connectivity index (χ0n) is 12.7. The predicted octanol–water partition coefficient (Wildman–Crippen LogP) is 3.32. The standard InChI is InChI=1S/C16H27N3O/c1-3-5-6-7-8-9-10-18-16(20)13-11-14(4-2)19-15(17)12-13/h11-12H,3-10H2,1-2H3,(H2,17,19)(H,18,20). The van der Waals surface area contributed by atoms with Crippen LogP contribution in [-0.4, -0.2) is 17.4 Å². The Morgan fingerprint density at radius 3 is 2.55 bits per heavy atom. The van der Waals surface area contributed by atoms with Gasteiger partial charge in [-0.2, -0.15) is 0 Å². The average Bonchev–Trinajstić information content (AvgIpc) is 2.45. The lowest BCUT2D eigenvalue weighted by atomic mass is 10.1. The van der Waals surface area contributed by atoms with E-state index in [2.05, 4.69) is 17.2 Å². The van der Waals surface area contributed by atoms with Crippen LogP contribution in [0.3, 0.4) is 0 Å². The summed E-state index contributed by atoms with van der Waals surface area (Å²) in [6, 6.07) is 3.45. The van der Waals surface area contributed by atoms with E-state index in [0.717, 1.165) is 25.1 Å². The van der Waals surface area contributed by atoms with Crippen molar-refractivity contribution >= 4 is 11.7 Å². The largest absolute Gasteiger partial charge is 0.384 e. The zero-order chi connectivity index (χ0) is 14.8. The van der Waals surface area contributed by atoms with Gasteiger partial charge in [-0.05, 0) is 25.0 Å². The van der Waals surface area contributed by atoms with Crippen LogP contribution < -0.4 is 11.1 Å². The third-order valence-corrected chi connectivity index (χ3v) is 3.34. The minimum absolute atomic E-state index is 0.0534. The SMILES string of the molecule is CCCCCCCCNC(=O)c1cc(N)nc(CC)c1. The van der Waals surface area contributed by atoms with Crippen LogP contribution in [0.2, 0.25) is 0 Å². The van der Waals surface area contributed by atoms with Gasteiger partial charge in [-0.15, -0.1) is 0 Å². The molecule has 0 aliphatic heterocycles. The Bertz CT molecular complexity index is 418. The molecule has 4 nitrogen and oxygen atoms in total. The third kappa shape index (κ3) is 6.04. The summed E-state index contributed by atoms with van der Waals surface area (Å²) in [6.07, 6.45) is 8.12. The van der Waals surface area contributed by atoms with Crippen LogP contribution in [0, 0.1) is 0 Å². The molecule has 4 heteroatoms. The van der Waals surface area contributed by atoms with Crippen LogP contribution in [0.25, 0.3) is 0 Å². The summed E-state index contributed by atoms with van der Waals surface area (Å²) < 4.78 is 0. The Labute approximate surface area is 122 Å². The summed E-state index contributed by atoms with van der Waals surface area (Å²) in [5, 5.41) is 2.95. The Hall–Kier alpha value is -1.58. The van der Waals surface area contributed by atoms with Gasteiger partial charge in [-0.1, -0.05) is 46.0 Å². The molecule has 0 bridgehead atoms. The number of rotatable bonds is 9. The van der Waals surface area contributed by atoms with Gasteiger partial charge in [0.1, 0.15) is 5.82 Å². The summed E-state index contributed by atoms with van der Waals surface area (Å²) in [4.78, 5) is 16.2. The summed E-state index contributed by atoms with van der Waals surface area (Å²) in [6.45, 7) is 4.94. The van der Waals surface area contributed by atoms with Gasteiger partial charge in [0, 0.05) is 17.8 Å². The number of anilines is 1. The number of nitrogens with one attached hydrogen (secondary N) is 1. The number of nitrogen functional groups attached to an aromatic ring is 1. The van der Waals surface area contributed by atoms with Gasteiger partial charge >= 0.3 is 0 Å². The Morgan fingerprint density at radius 2 is 1.85 bits per heavy atom. The van der Waals surface area contributed by atoms with E-state index in [1.54, 1.807) is 6.07 Å². The highest BCUT2D eigenvalue weighted by atomic mass is 16.1. The molecule has 0 radical (unpaired) electrons. The second-order valence-electron chi connectivity index (χ2n) is 5.15. The molecule has 1 rings (SSSR count). The maximum Gasteiger partial charge on any atom is 0.251 e. The summed E-state index contributed by atoms with van der Waals surface area (Å²) in [5.74, 6) is 0.358. The molecule has 1 amide bonds. The molecule has 20 heavy (non-hydrogen) atoms.